The lowest BCUT2D eigenvalue weighted by molar-refractivity contribution is 1.13. The molecule has 0 bridgehead atoms. The van der Waals surface area contributed by atoms with Gasteiger partial charge in [0.15, 0.2) is 0 Å². The Balaban J connectivity index is 3.06. The summed E-state index contributed by atoms with van der Waals surface area (Å²) in [6.45, 7) is 5.70. The molecule has 0 saturated carbocycles. The van der Waals surface area contributed by atoms with E-state index < -0.39 is 0 Å². The van der Waals surface area contributed by atoms with Crippen molar-refractivity contribution in [1.29, 1.82) is 5.26 Å². The van der Waals surface area contributed by atoms with Crippen LogP contribution in [0.3, 0.4) is 0 Å². The molecular weight excluding hydrogens is 202 g/mol. The van der Waals surface area contributed by atoms with Crippen molar-refractivity contribution in [2.24, 2.45) is 0 Å². The van der Waals surface area contributed by atoms with E-state index in [1.807, 2.05) is 26.8 Å². The monoisotopic (exact) mass is 213 g/mol. The Kier molecular flexibility index (Phi) is 2.24. The molecule has 0 amide bonds. The van der Waals surface area contributed by atoms with E-state index in [2.05, 4.69) is 9.97 Å². The third kappa shape index (κ3) is 1.29. The second-order valence-corrected chi connectivity index (χ2v) is 3.81. The van der Waals surface area contributed by atoms with Gasteiger partial charge in [-0.25, -0.2) is 4.98 Å². The Morgan fingerprint density at radius 3 is 2.62 bits per heavy atom. The minimum absolute atomic E-state index is 0.126. The van der Waals surface area contributed by atoms with Crippen LogP contribution in [-0.4, -0.2) is 9.97 Å². The summed E-state index contributed by atoms with van der Waals surface area (Å²) < 4.78 is 0. The van der Waals surface area contributed by atoms with E-state index in [0.29, 0.717) is 11.0 Å². The molecule has 2 rings (SSSR count). The Bertz CT molecular complexity index is 677. The number of aromatic nitrogens is 2. The second-order valence-electron chi connectivity index (χ2n) is 3.81. The van der Waals surface area contributed by atoms with Gasteiger partial charge in [-0.2, -0.15) is 5.26 Å². The van der Waals surface area contributed by atoms with Gasteiger partial charge in [-0.15, -0.1) is 0 Å². The Hall–Kier alpha value is -2.15. The standard InChI is InChI=1S/C12H11N3O/c1-6-7(2)10-11(16)9(4-13)5-14-12(10)15-8(6)3/h5H,1-3H3,(H,14,15,16). The molecule has 16 heavy (non-hydrogen) atoms. The zero-order valence-electron chi connectivity index (χ0n) is 9.38. The average Bonchev–Trinajstić information content (AvgIpc) is 2.26. The summed E-state index contributed by atoms with van der Waals surface area (Å²) in [5.41, 5.74) is 3.20. The number of fused-ring (bicyclic) bond motifs is 1. The molecule has 2 aromatic rings. The number of nitrogens with one attached hydrogen (secondary N) is 1. The van der Waals surface area contributed by atoms with Crippen molar-refractivity contribution in [1.82, 2.24) is 9.97 Å². The van der Waals surface area contributed by atoms with Crippen LogP contribution in [-0.2, 0) is 0 Å². The van der Waals surface area contributed by atoms with Crippen molar-refractivity contribution in [2.75, 3.05) is 0 Å². The predicted octanol–water partition coefficient (Wildman–Crippen LogP) is 1.72. The van der Waals surface area contributed by atoms with Gasteiger partial charge in [-0.1, -0.05) is 0 Å². The second kappa shape index (κ2) is 3.46. The average molecular weight is 213 g/mol. The summed E-state index contributed by atoms with van der Waals surface area (Å²) in [7, 11) is 0. The number of H-pyrrole nitrogens is 1. The molecule has 0 saturated heterocycles. The molecule has 2 heterocycles. The molecule has 4 nitrogen and oxygen atoms in total. The molecule has 80 valence electrons. The van der Waals surface area contributed by atoms with Gasteiger partial charge in [0.05, 0.1) is 5.39 Å². The SMILES string of the molecule is Cc1nc2[nH]cc(C#N)c(=O)c2c(C)c1C. The van der Waals surface area contributed by atoms with Gasteiger partial charge in [0.2, 0.25) is 5.43 Å². The molecule has 0 fully saturated rings. The first-order valence-corrected chi connectivity index (χ1v) is 4.95. The van der Waals surface area contributed by atoms with E-state index in [1.165, 1.54) is 6.20 Å². The first-order chi connectivity index (χ1) is 7.56. The molecule has 0 atom stereocenters. The molecule has 2 aromatic heterocycles. The van der Waals surface area contributed by atoms with E-state index in [9.17, 15) is 4.79 Å². The van der Waals surface area contributed by atoms with Gasteiger partial charge in [0.1, 0.15) is 17.3 Å². The Morgan fingerprint density at radius 1 is 1.31 bits per heavy atom. The maximum atomic E-state index is 12.0. The number of hydrogen-bond acceptors (Lipinski definition) is 3. The van der Waals surface area contributed by atoms with Crippen molar-refractivity contribution >= 4 is 11.0 Å². The Labute approximate surface area is 92.6 Å². The van der Waals surface area contributed by atoms with E-state index in [-0.39, 0.29) is 11.0 Å². The number of rotatable bonds is 0. The third-order valence-corrected chi connectivity index (χ3v) is 2.94. The van der Waals surface area contributed by atoms with E-state index in [0.717, 1.165) is 16.8 Å². The highest BCUT2D eigenvalue weighted by molar-refractivity contribution is 5.81. The van der Waals surface area contributed by atoms with E-state index >= 15 is 0 Å². The van der Waals surface area contributed by atoms with Crippen LogP contribution >= 0.6 is 0 Å². The number of aromatic amines is 1. The topological polar surface area (TPSA) is 69.5 Å². The third-order valence-electron chi connectivity index (χ3n) is 2.94. The van der Waals surface area contributed by atoms with Crippen LogP contribution in [0, 0.1) is 32.1 Å². The van der Waals surface area contributed by atoms with Gasteiger partial charge >= 0.3 is 0 Å². The zero-order valence-corrected chi connectivity index (χ0v) is 9.38. The minimum Gasteiger partial charge on any atom is -0.345 e. The van der Waals surface area contributed by atoms with Crippen molar-refractivity contribution in [3.8, 4) is 6.07 Å². The first-order valence-electron chi connectivity index (χ1n) is 4.95. The number of nitrogens with zero attached hydrogens (tertiary/aromatic N) is 2. The molecular formula is C12H11N3O. The highest BCUT2D eigenvalue weighted by Gasteiger charge is 2.11. The number of nitriles is 1. The Morgan fingerprint density at radius 2 is 2.00 bits per heavy atom. The van der Waals surface area contributed by atoms with Gasteiger partial charge < -0.3 is 4.98 Å². The molecule has 4 heteroatoms. The lowest BCUT2D eigenvalue weighted by Crippen LogP contribution is -2.11. The number of pyridine rings is 2. The lowest BCUT2D eigenvalue weighted by atomic mass is 10.0. The first kappa shape index (κ1) is 10.4. The van der Waals surface area contributed by atoms with Crippen LogP contribution in [0.1, 0.15) is 22.4 Å². The minimum atomic E-state index is -0.246. The zero-order chi connectivity index (χ0) is 11.9. The maximum absolute atomic E-state index is 12.0. The summed E-state index contributed by atoms with van der Waals surface area (Å²) in [6.07, 6.45) is 1.41. The molecule has 0 unspecified atom stereocenters. The van der Waals surface area contributed by atoms with Gasteiger partial charge in [0, 0.05) is 11.9 Å². The van der Waals surface area contributed by atoms with E-state index in [4.69, 9.17) is 5.26 Å². The van der Waals surface area contributed by atoms with Crippen LogP contribution in [0.2, 0.25) is 0 Å². The smallest absolute Gasteiger partial charge is 0.209 e. The largest absolute Gasteiger partial charge is 0.345 e. The quantitative estimate of drug-likeness (QED) is 0.724. The fourth-order valence-corrected chi connectivity index (χ4v) is 1.75. The van der Waals surface area contributed by atoms with Crippen LogP contribution in [0.25, 0.3) is 11.0 Å². The molecule has 0 aliphatic heterocycles. The normalized spacial score (nSPS) is 10.4. The fraction of sp³-hybridized carbons (Fsp3) is 0.250. The van der Waals surface area contributed by atoms with E-state index in [1.54, 1.807) is 0 Å². The molecule has 1 N–H and O–H groups in total. The molecule has 0 aromatic carbocycles. The van der Waals surface area contributed by atoms with Crippen LogP contribution < -0.4 is 5.43 Å². The van der Waals surface area contributed by atoms with Crippen LogP contribution in [0.15, 0.2) is 11.0 Å². The molecule has 0 radical (unpaired) electrons. The molecule has 0 aliphatic rings. The fourth-order valence-electron chi connectivity index (χ4n) is 1.75. The van der Waals surface area contributed by atoms with Crippen molar-refractivity contribution < 1.29 is 0 Å². The van der Waals surface area contributed by atoms with Crippen molar-refractivity contribution in [3.05, 3.63) is 38.8 Å². The summed E-state index contributed by atoms with van der Waals surface area (Å²) in [4.78, 5) is 19.2. The summed E-state index contributed by atoms with van der Waals surface area (Å²) in [5.74, 6) is 0. The lowest BCUT2D eigenvalue weighted by Gasteiger charge is -2.07. The maximum Gasteiger partial charge on any atom is 0.209 e. The van der Waals surface area contributed by atoms with Crippen LogP contribution in [0.5, 0.6) is 0 Å². The highest BCUT2D eigenvalue weighted by atomic mass is 16.1. The number of aryl methyl sites for hydroxylation is 2. The summed E-state index contributed by atoms with van der Waals surface area (Å²) >= 11 is 0. The van der Waals surface area contributed by atoms with Crippen LogP contribution in [0.4, 0.5) is 0 Å². The van der Waals surface area contributed by atoms with Crippen molar-refractivity contribution in [3.63, 3.8) is 0 Å². The summed E-state index contributed by atoms with van der Waals surface area (Å²) in [6, 6.07) is 1.88. The molecule has 0 aliphatic carbocycles. The van der Waals surface area contributed by atoms with Crippen molar-refractivity contribution in [2.45, 2.75) is 20.8 Å². The van der Waals surface area contributed by atoms with Gasteiger partial charge in [-0.05, 0) is 31.9 Å². The molecule has 0 spiro atoms. The summed E-state index contributed by atoms with van der Waals surface area (Å²) in [5, 5.41) is 9.32. The number of hydrogen-bond donors (Lipinski definition) is 1. The van der Waals surface area contributed by atoms with Gasteiger partial charge in [0.25, 0.3) is 0 Å². The van der Waals surface area contributed by atoms with Gasteiger partial charge in [-0.3, -0.25) is 4.79 Å². The predicted molar refractivity (Wildman–Crippen MR) is 61.3 cm³/mol. The highest BCUT2D eigenvalue weighted by Crippen LogP contribution is 2.17.